The Morgan fingerprint density at radius 3 is 2.47 bits per heavy atom. The lowest BCUT2D eigenvalue weighted by molar-refractivity contribution is -0.175. The van der Waals surface area contributed by atoms with Gasteiger partial charge in [-0.05, 0) is 6.92 Å². The molecule has 0 heterocycles. The maximum atomic E-state index is 11.7. The molecule has 17 heavy (non-hydrogen) atoms. The van der Waals surface area contributed by atoms with Crippen molar-refractivity contribution in [3.05, 3.63) is 0 Å². The average Bonchev–Trinajstić information content (AvgIpc) is 2.20. The van der Waals surface area contributed by atoms with E-state index < -0.39 is 18.8 Å². The summed E-state index contributed by atoms with van der Waals surface area (Å²) >= 11 is 4.70. The second kappa shape index (κ2) is 6.75. The Morgan fingerprint density at radius 2 is 2.06 bits per heavy atom. The molecule has 2 N–H and O–H groups in total. The second-order valence-electron chi connectivity index (χ2n) is 3.50. The number of nitrogens with two attached hydrogens (primary N) is 1. The van der Waals surface area contributed by atoms with Gasteiger partial charge in [0.1, 0.15) is 6.61 Å². The van der Waals surface area contributed by atoms with E-state index in [-0.39, 0.29) is 23.9 Å². The van der Waals surface area contributed by atoms with Crippen LogP contribution in [-0.2, 0) is 9.53 Å². The molecule has 4 nitrogen and oxygen atoms in total. The molecular weight excluding hydrogens is 257 g/mol. The number of hydrogen-bond acceptors (Lipinski definition) is 3. The summed E-state index contributed by atoms with van der Waals surface area (Å²) in [6.07, 6.45) is -4.51. The molecule has 0 saturated carbocycles. The highest BCUT2D eigenvalue weighted by Crippen LogP contribution is 2.14. The van der Waals surface area contributed by atoms with Crippen molar-refractivity contribution in [2.75, 3.05) is 20.3 Å². The topological polar surface area (TPSA) is 55.6 Å². The molecule has 0 aromatic rings. The molecule has 0 saturated heterocycles. The summed E-state index contributed by atoms with van der Waals surface area (Å²) in [6.45, 7) is -0.00160. The van der Waals surface area contributed by atoms with Crippen molar-refractivity contribution in [1.82, 2.24) is 4.90 Å². The first-order chi connectivity index (χ1) is 7.65. The lowest BCUT2D eigenvalue weighted by Gasteiger charge is -2.23. The average molecular weight is 272 g/mol. The molecule has 1 amide bonds. The number of carbonyl (C=O) groups is 1. The number of hydrogen-bond donors (Lipinski definition) is 1. The van der Waals surface area contributed by atoms with Crippen molar-refractivity contribution in [3.8, 4) is 0 Å². The largest absolute Gasteiger partial charge is 0.411 e. The van der Waals surface area contributed by atoms with Gasteiger partial charge in [0, 0.05) is 7.05 Å². The van der Waals surface area contributed by atoms with Crippen LogP contribution in [0.3, 0.4) is 0 Å². The highest BCUT2D eigenvalue weighted by molar-refractivity contribution is 7.80. The lowest BCUT2D eigenvalue weighted by atomic mass is 10.2. The van der Waals surface area contributed by atoms with Gasteiger partial charge in [-0.25, -0.2) is 0 Å². The third-order valence-electron chi connectivity index (χ3n) is 2.11. The fourth-order valence-electron chi connectivity index (χ4n) is 0.931. The van der Waals surface area contributed by atoms with Crippen LogP contribution in [0.5, 0.6) is 0 Å². The van der Waals surface area contributed by atoms with Crippen LogP contribution in [0.1, 0.15) is 13.3 Å². The van der Waals surface area contributed by atoms with Crippen molar-refractivity contribution in [2.24, 2.45) is 5.73 Å². The minimum atomic E-state index is -4.37. The Labute approximate surface area is 103 Å². The first kappa shape index (κ1) is 16.1. The van der Waals surface area contributed by atoms with Gasteiger partial charge in [0.05, 0.1) is 24.1 Å². The van der Waals surface area contributed by atoms with Gasteiger partial charge in [0.2, 0.25) is 5.91 Å². The maximum Gasteiger partial charge on any atom is 0.411 e. The molecule has 0 aromatic heterocycles. The standard InChI is InChI=1S/C9H15F3N2O2S/c1-6(8(13)17)14(2)7(15)3-4-16-5-9(10,11)12/h6H,3-5H2,1-2H3,(H2,13,17). The molecule has 0 aliphatic rings. The predicted octanol–water partition coefficient (Wildman–Crippen LogP) is 1.09. The van der Waals surface area contributed by atoms with E-state index >= 15 is 0 Å². The van der Waals surface area contributed by atoms with Gasteiger partial charge in [-0.15, -0.1) is 0 Å². The molecule has 1 atom stereocenters. The van der Waals surface area contributed by atoms with Crippen molar-refractivity contribution < 1.29 is 22.7 Å². The Kier molecular flexibility index (Phi) is 6.40. The smallest absolute Gasteiger partial charge is 0.392 e. The second-order valence-corrected chi connectivity index (χ2v) is 3.97. The minimum absolute atomic E-state index is 0.139. The SMILES string of the molecule is CC(C(N)=S)N(C)C(=O)CCOCC(F)(F)F. The molecule has 100 valence electrons. The maximum absolute atomic E-state index is 11.7. The van der Waals surface area contributed by atoms with Gasteiger partial charge in [-0.3, -0.25) is 4.79 Å². The van der Waals surface area contributed by atoms with Crippen LogP contribution in [0.2, 0.25) is 0 Å². The fraction of sp³-hybridized carbons (Fsp3) is 0.778. The lowest BCUT2D eigenvalue weighted by Crippen LogP contribution is -2.43. The molecule has 0 spiro atoms. The number of alkyl halides is 3. The minimum Gasteiger partial charge on any atom is -0.392 e. The van der Waals surface area contributed by atoms with Crippen LogP contribution in [0, 0.1) is 0 Å². The summed E-state index contributed by atoms with van der Waals surface area (Å²) in [5.41, 5.74) is 5.34. The van der Waals surface area contributed by atoms with E-state index in [0.717, 1.165) is 0 Å². The molecule has 1 unspecified atom stereocenters. The van der Waals surface area contributed by atoms with Gasteiger partial charge in [-0.2, -0.15) is 13.2 Å². The number of likely N-dealkylation sites (N-methyl/N-ethyl adjacent to an activating group) is 1. The molecule has 0 fully saturated rings. The zero-order valence-electron chi connectivity index (χ0n) is 9.58. The highest BCUT2D eigenvalue weighted by Gasteiger charge is 2.27. The van der Waals surface area contributed by atoms with Crippen LogP contribution < -0.4 is 5.73 Å². The molecule has 0 radical (unpaired) electrons. The van der Waals surface area contributed by atoms with E-state index in [1.807, 2.05) is 0 Å². The van der Waals surface area contributed by atoms with E-state index in [0.29, 0.717) is 0 Å². The van der Waals surface area contributed by atoms with E-state index in [1.165, 1.54) is 11.9 Å². The first-order valence-electron chi connectivity index (χ1n) is 4.84. The Balaban J connectivity index is 3.91. The number of nitrogens with zero attached hydrogens (tertiary/aromatic N) is 1. The van der Waals surface area contributed by atoms with Gasteiger partial charge in [-0.1, -0.05) is 12.2 Å². The summed E-state index contributed by atoms with van der Waals surface area (Å²) in [4.78, 5) is 12.9. The summed E-state index contributed by atoms with van der Waals surface area (Å²) in [5.74, 6) is -0.368. The summed E-state index contributed by atoms with van der Waals surface area (Å²) in [7, 11) is 1.48. The summed E-state index contributed by atoms with van der Waals surface area (Å²) < 4.78 is 39.5. The van der Waals surface area contributed by atoms with Crippen molar-refractivity contribution in [3.63, 3.8) is 0 Å². The van der Waals surface area contributed by atoms with E-state index in [4.69, 9.17) is 18.0 Å². The zero-order valence-corrected chi connectivity index (χ0v) is 10.4. The molecular formula is C9H15F3N2O2S. The molecule has 0 rings (SSSR count). The highest BCUT2D eigenvalue weighted by atomic mass is 32.1. The first-order valence-corrected chi connectivity index (χ1v) is 5.25. The van der Waals surface area contributed by atoms with Crippen molar-refractivity contribution in [1.29, 1.82) is 0 Å². The van der Waals surface area contributed by atoms with Crippen LogP contribution in [0.15, 0.2) is 0 Å². The summed E-state index contributed by atoms with van der Waals surface area (Å²) in [6, 6.07) is -0.430. The molecule has 0 bridgehead atoms. The van der Waals surface area contributed by atoms with Gasteiger partial charge < -0.3 is 15.4 Å². The van der Waals surface area contributed by atoms with Crippen LogP contribution >= 0.6 is 12.2 Å². The quantitative estimate of drug-likeness (QED) is 0.581. The monoisotopic (exact) mass is 272 g/mol. The predicted molar refractivity (Wildman–Crippen MR) is 60.5 cm³/mol. The number of halogens is 3. The van der Waals surface area contributed by atoms with Gasteiger partial charge >= 0.3 is 6.18 Å². The number of carbonyl (C=O) groups excluding carboxylic acids is 1. The number of ether oxygens (including phenoxy) is 1. The fourth-order valence-corrected chi connectivity index (χ4v) is 1.09. The van der Waals surface area contributed by atoms with Crippen molar-refractivity contribution >= 4 is 23.1 Å². The normalized spacial score (nSPS) is 13.2. The summed E-state index contributed by atoms with van der Waals surface area (Å²) in [5, 5.41) is 0. The number of thiocarbonyl (C=S) groups is 1. The van der Waals surface area contributed by atoms with Crippen LogP contribution in [0.25, 0.3) is 0 Å². The third kappa shape index (κ3) is 7.11. The van der Waals surface area contributed by atoms with Crippen molar-refractivity contribution in [2.45, 2.75) is 25.6 Å². The molecule has 0 aliphatic heterocycles. The number of rotatable bonds is 6. The Hall–Kier alpha value is -0.890. The van der Waals surface area contributed by atoms with Crippen LogP contribution in [-0.4, -0.2) is 48.3 Å². The van der Waals surface area contributed by atoms with Crippen LogP contribution in [0.4, 0.5) is 13.2 Å². The molecule has 0 aliphatic carbocycles. The molecule has 0 aromatic carbocycles. The Morgan fingerprint density at radius 1 is 1.53 bits per heavy atom. The van der Waals surface area contributed by atoms with Gasteiger partial charge in [0.25, 0.3) is 0 Å². The molecule has 8 heteroatoms. The zero-order chi connectivity index (χ0) is 13.6. The van der Waals surface area contributed by atoms with E-state index in [2.05, 4.69) is 4.74 Å². The van der Waals surface area contributed by atoms with Gasteiger partial charge in [0.15, 0.2) is 0 Å². The Bertz CT molecular complexity index is 284. The van der Waals surface area contributed by atoms with E-state index in [1.54, 1.807) is 6.92 Å². The third-order valence-corrected chi connectivity index (χ3v) is 2.45. The van der Waals surface area contributed by atoms with E-state index in [9.17, 15) is 18.0 Å². The number of amides is 1.